The number of hydrogen-bond acceptors (Lipinski definition) is 1. The Bertz CT molecular complexity index is 520. The zero-order valence-corrected chi connectivity index (χ0v) is 14.4. The van der Waals surface area contributed by atoms with E-state index in [0.29, 0.717) is 0 Å². The highest BCUT2D eigenvalue weighted by Crippen LogP contribution is 2.30. The van der Waals surface area contributed by atoms with E-state index in [2.05, 4.69) is 36.5 Å². The molecule has 0 spiro atoms. The maximum absolute atomic E-state index is 12.6. The van der Waals surface area contributed by atoms with Crippen LogP contribution < -0.4 is 5.32 Å². The van der Waals surface area contributed by atoms with Crippen LogP contribution in [-0.2, 0) is 6.42 Å². The predicted octanol–water partition coefficient (Wildman–Crippen LogP) is 4.68. The quantitative estimate of drug-likeness (QED) is 0.860. The molecule has 23 heavy (non-hydrogen) atoms. The van der Waals surface area contributed by atoms with E-state index in [4.69, 9.17) is 0 Å². The summed E-state index contributed by atoms with van der Waals surface area (Å²) in [5, 5.41) is 3.29. The van der Waals surface area contributed by atoms with Crippen molar-refractivity contribution < 1.29 is 4.79 Å². The minimum absolute atomic E-state index is 0.139. The van der Waals surface area contributed by atoms with E-state index in [1.54, 1.807) is 0 Å². The van der Waals surface area contributed by atoms with Crippen LogP contribution in [0.3, 0.4) is 0 Å². The van der Waals surface area contributed by atoms with Crippen LogP contribution in [0.15, 0.2) is 24.3 Å². The number of aryl methyl sites for hydroxylation is 1. The fourth-order valence-electron chi connectivity index (χ4n) is 4.06. The molecule has 3 rings (SSSR count). The van der Waals surface area contributed by atoms with Crippen LogP contribution in [0.1, 0.15) is 69.0 Å². The summed E-state index contributed by atoms with van der Waals surface area (Å²) in [6.07, 6.45) is 9.67. The average Bonchev–Trinajstić information content (AvgIpc) is 2.60. The molecule has 1 aliphatic heterocycles. The van der Waals surface area contributed by atoms with Gasteiger partial charge in [-0.25, -0.2) is 4.79 Å². The zero-order chi connectivity index (χ0) is 16.1. The van der Waals surface area contributed by atoms with Crippen molar-refractivity contribution in [3.05, 3.63) is 35.4 Å². The van der Waals surface area contributed by atoms with Crippen LogP contribution in [0.5, 0.6) is 0 Å². The van der Waals surface area contributed by atoms with Crippen molar-refractivity contribution >= 4 is 6.03 Å². The summed E-state index contributed by atoms with van der Waals surface area (Å²) in [7, 11) is 0. The van der Waals surface area contributed by atoms with Gasteiger partial charge in [-0.05, 0) is 49.1 Å². The molecule has 1 atom stereocenters. The average molecular weight is 314 g/mol. The third-order valence-corrected chi connectivity index (χ3v) is 5.53. The monoisotopic (exact) mass is 314 g/mol. The largest absolute Gasteiger partial charge is 0.331 e. The smallest absolute Gasteiger partial charge is 0.317 e. The molecule has 1 aliphatic carbocycles. The van der Waals surface area contributed by atoms with Gasteiger partial charge in [0.25, 0.3) is 0 Å². The Kier molecular flexibility index (Phi) is 5.58. The molecule has 1 aromatic rings. The van der Waals surface area contributed by atoms with Gasteiger partial charge in [-0.3, -0.25) is 0 Å². The summed E-state index contributed by atoms with van der Waals surface area (Å²) in [6, 6.07) is 8.90. The fraction of sp³-hybridized carbons (Fsp3) is 0.650. The van der Waals surface area contributed by atoms with Gasteiger partial charge < -0.3 is 10.2 Å². The van der Waals surface area contributed by atoms with Gasteiger partial charge in [0.2, 0.25) is 0 Å². The number of benzene rings is 1. The molecular weight excluding hydrogens is 284 g/mol. The third kappa shape index (κ3) is 4.07. The van der Waals surface area contributed by atoms with E-state index >= 15 is 0 Å². The van der Waals surface area contributed by atoms with Crippen molar-refractivity contribution in [2.45, 2.75) is 64.3 Å². The second-order valence-corrected chi connectivity index (χ2v) is 7.17. The number of fused-ring (bicyclic) bond motifs is 1. The van der Waals surface area contributed by atoms with Gasteiger partial charge in [0.15, 0.2) is 0 Å². The van der Waals surface area contributed by atoms with Crippen molar-refractivity contribution in [2.24, 2.45) is 5.92 Å². The minimum Gasteiger partial charge on any atom is -0.331 e. The molecular formula is C20H30N2O. The Labute approximate surface area is 140 Å². The van der Waals surface area contributed by atoms with E-state index < -0.39 is 0 Å². The van der Waals surface area contributed by atoms with Gasteiger partial charge in [0.05, 0.1) is 6.04 Å². The molecule has 1 unspecified atom stereocenters. The van der Waals surface area contributed by atoms with Gasteiger partial charge >= 0.3 is 6.03 Å². The Morgan fingerprint density at radius 3 is 2.78 bits per heavy atom. The summed E-state index contributed by atoms with van der Waals surface area (Å²) >= 11 is 0. The molecule has 1 aromatic carbocycles. The number of carbonyl (C=O) groups is 1. The van der Waals surface area contributed by atoms with Gasteiger partial charge in [0, 0.05) is 13.1 Å². The number of amides is 2. The lowest BCUT2D eigenvalue weighted by molar-refractivity contribution is 0.163. The van der Waals surface area contributed by atoms with E-state index in [0.717, 1.165) is 31.8 Å². The van der Waals surface area contributed by atoms with Crippen LogP contribution in [-0.4, -0.2) is 24.0 Å². The van der Waals surface area contributed by atoms with Crippen LogP contribution in [0.25, 0.3) is 0 Å². The van der Waals surface area contributed by atoms with Crippen molar-refractivity contribution in [3.63, 3.8) is 0 Å². The SMILES string of the molecule is CCCCC1CCN(C(=O)NC2CCCc3ccccc32)CC1. The number of hydrogen-bond donors (Lipinski definition) is 1. The van der Waals surface area contributed by atoms with Crippen LogP contribution in [0.2, 0.25) is 0 Å². The first-order valence-electron chi connectivity index (χ1n) is 9.41. The molecule has 1 saturated heterocycles. The fourth-order valence-corrected chi connectivity index (χ4v) is 4.06. The summed E-state index contributed by atoms with van der Waals surface area (Å²) in [5.41, 5.74) is 2.73. The van der Waals surface area contributed by atoms with Crippen molar-refractivity contribution in [1.82, 2.24) is 10.2 Å². The number of piperidine rings is 1. The maximum atomic E-state index is 12.6. The summed E-state index contributed by atoms with van der Waals surface area (Å²) in [6.45, 7) is 4.10. The van der Waals surface area contributed by atoms with Crippen LogP contribution >= 0.6 is 0 Å². The number of urea groups is 1. The first kappa shape index (κ1) is 16.4. The lowest BCUT2D eigenvalue weighted by Gasteiger charge is -2.34. The van der Waals surface area contributed by atoms with Crippen LogP contribution in [0, 0.1) is 5.92 Å². The number of unbranched alkanes of at least 4 members (excludes halogenated alkanes) is 1. The third-order valence-electron chi connectivity index (χ3n) is 5.53. The summed E-state index contributed by atoms with van der Waals surface area (Å²) < 4.78 is 0. The number of carbonyl (C=O) groups excluding carboxylic acids is 1. The van der Waals surface area contributed by atoms with Gasteiger partial charge in [-0.1, -0.05) is 50.5 Å². The molecule has 0 bridgehead atoms. The van der Waals surface area contributed by atoms with Crippen molar-refractivity contribution in [2.75, 3.05) is 13.1 Å². The topological polar surface area (TPSA) is 32.3 Å². The minimum atomic E-state index is 0.139. The van der Waals surface area contributed by atoms with Gasteiger partial charge in [-0.15, -0.1) is 0 Å². The molecule has 1 N–H and O–H groups in total. The number of nitrogens with zero attached hydrogens (tertiary/aromatic N) is 1. The lowest BCUT2D eigenvalue weighted by atomic mass is 9.88. The Morgan fingerprint density at radius 2 is 2.00 bits per heavy atom. The summed E-state index contributed by atoms with van der Waals surface area (Å²) in [4.78, 5) is 14.6. The molecule has 2 aliphatic rings. The zero-order valence-electron chi connectivity index (χ0n) is 14.4. The molecule has 3 heteroatoms. The van der Waals surface area contributed by atoms with E-state index in [1.807, 2.05) is 4.90 Å². The molecule has 3 nitrogen and oxygen atoms in total. The number of likely N-dealkylation sites (tertiary alicyclic amines) is 1. The lowest BCUT2D eigenvalue weighted by Crippen LogP contribution is -2.46. The molecule has 1 heterocycles. The van der Waals surface area contributed by atoms with Gasteiger partial charge in [-0.2, -0.15) is 0 Å². The molecule has 0 radical (unpaired) electrons. The molecule has 0 aromatic heterocycles. The first-order chi connectivity index (χ1) is 11.3. The van der Waals surface area contributed by atoms with E-state index in [1.165, 1.54) is 49.7 Å². The molecule has 2 amide bonds. The Morgan fingerprint density at radius 1 is 1.22 bits per heavy atom. The Hall–Kier alpha value is -1.51. The highest BCUT2D eigenvalue weighted by atomic mass is 16.2. The standard InChI is InChI=1S/C20H30N2O/c1-2-3-7-16-12-14-22(15-13-16)20(23)21-19-11-6-9-17-8-4-5-10-18(17)19/h4-5,8,10,16,19H,2-3,6-7,9,11-15H2,1H3,(H,21,23). The highest BCUT2D eigenvalue weighted by Gasteiger charge is 2.26. The normalized spacial score (nSPS) is 21.8. The molecule has 0 saturated carbocycles. The second-order valence-electron chi connectivity index (χ2n) is 7.17. The summed E-state index contributed by atoms with van der Waals surface area (Å²) in [5.74, 6) is 0.828. The second kappa shape index (κ2) is 7.85. The van der Waals surface area contributed by atoms with E-state index in [9.17, 15) is 4.79 Å². The highest BCUT2D eigenvalue weighted by molar-refractivity contribution is 5.75. The van der Waals surface area contributed by atoms with Gasteiger partial charge in [0.1, 0.15) is 0 Å². The predicted molar refractivity (Wildman–Crippen MR) is 94.5 cm³/mol. The number of rotatable bonds is 4. The number of nitrogens with one attached hydrogen (secondary N) is 1. The van der Waals surface area contributed by atoms with E-state index in [-0.39, 0.29) is 12.1 Å². The van der Waals surface area contributed by atoms with Crippen molar-refractivity contribution in [3.8, 4) is 0 Å². The van der Waals surface area contributed by atoms with Crippen molar-refractivity contribution in [1.29, 1.82) is 0 Å². The molecule has 1 fully saturated rings. The first-order valence-corrected chi connectivity index (χ1v) is 9.41. The Balaban J connectivity index is 1.53. The molecule has 126 valence electrons. The maximum Gasteiger partial charge on any atom is 0.317 e. The van der Waals surface area contributed by atoms with Crippen LogP contribution in [0.4, 0.5) is 4.79 Å².